The largest absolute Gasteiger partial charge is 0.459 e. The Balaban J connectivity index is 1.58. The van der Waals surface area contributed by atoms with E-state index in [1.807, 2.05) is 0 Å². The molecule has 0 atom stereocenters. The van der Waals surface area contributed by atoms with Gasteiger partial charge in [-0.15, -0.1) is 10.2 Å². The van der Waals surface area contributed by atoms with E-state index in [-0.39, 0.29) is 41.0 Å². The highest BCUT2D eigenvalue weighted by Crippen LogP contribution is 2.19. The van der Waals surface area contributed by atoms with E-state index in [9.17, 15) is 19.7 Å². The second-order valence-corrected chi connectivity index (χ2v) is 6.58. The average Bonchev–Trinajstić information content (AvgIpc) is 3.35. The summed E-state index contributed by atoms with van der Waals surface area (Å²) in [6.45, 7) is 0.141. The van der Waals surface area contributed by atoms with Gasteiger partial charge in [0.15, 0.2) is 22.5 Å². The van der Waals surface area contributed by atoms with Gasteiger partial charge in [-0.3, -0.25) is 19.7 Å². The van der Waals surface area contributed by atoms with Crippen molar-refractivity contribution in [2.45, 2.75) is 11.7 Å². The Morgan fingerprint density at radius 2 is 2.11 bits per heavy atom. The molecule has 0 radical (unpaired) electrons. The Labute approximate surface area is 163 Å². The lowest BCUT2D eigenvalue weighted by Crippen LogP contribution is -2.24. The monoisotopic (exact) mass is 401 g/mol. The number of hydrogen-bond donors (Lipinski definition) is 1. The third-order valence-electron chi connectivity index (χ3n) is 3.79. The van der Waals surface area contributed by atoms with Crippen molar-refractivity contribution in [3.05, 3.63) is 69.9 Å². The minimum Gasteiger partial charge on any atom is -0.459 e. The normalized spacial score (nSPS) is 10.6. The van der Waals surface area contributed by atoms with E-state index in [0.29, 0.717) is 11.0 Å². The van der Waals surface area contributed by atoms with Crippen LogP contribution in [-0.4, -0.2) is 37.1 Å². The van der Waals surface area contributed by atoms with E-state index >= 15 is 0 Å². The second-order valence-electron chi connectivity index (χ2n) is 5.64. The molecule has 3 rings (SSSR count). The van der Waals surface area contributed by atoms with Gasteiger partial charge in [0.2, 0.25) is 0 Å². The van der Waals surface area contributed by atoms with Crippen LogP contribution in [0, 0.1) is 10.1 Å². The maximum atomic E-state index is 12.3. The number of nitro benzene ring substituents is 1. The molecule has 1 aromatic carbocycles. The summed E-state index contributed by atoms with van der Waals surface area (Å²) in [4.78, 5) is 34.4. The molecule has 0 aliphatic heterocycles. The van der Waals surface area contributed by atoms with Crippen LogP contribution in [0.2, 0.25) is 0 Å². The molecule has 3 aromatic rings. The summed E-state index contributed by atoms with van der Waals surface area (Å²) in [6.07, 6.45) is 1.41. The number of nitrogens with one attached hydrogen (secondary N) is 1. The number of non-ortho nitro benzene ring substituents is 1. The lowest BCUT2D eigenvalue weighted by atomic mass is 10.1. The molecule has 0 aliphatic carbocycles. The van der Waals surface area contributed by atoms with E-state index in [2.05, 4.69) is 15.5 Å². The molecule has 0 spiro atoms. The van der Waals surface area contributed by atoms with Crippen LogP contribution in [-0.2, 0) is 13.6 Å². The average molecular weight is 401 g/mol. The maximum Gasteiger partial charge on any atom is 0.287 e. The molecule has 0 saturated heterocycles. The van der Waals surface area contributed by atoms with E-state index in [1.165, 1.54) is 30.5 Å². The molecule has 2 heterocycles. The van der Waals surface area contributed by atoms with Crippen molar-refractivity contribution in [2.75, 3.05) is 5.75 Å². The van der Waals surface area contributed by atoms with Gasteiger partial charge in [0.1, 0.15) is 0 Å². The zero-order valence-electron chi connectivity index (χ0n) is 14.7. The van der Waals surface area contributed by atoms with Gasteiger partial charge in [0.05, 0.1) is 23.5 Å². The lowest BCUT2D eigenvalue weighted by molar-refractivity contribution is -0.384. The van der Waals surface area contributed by atoms with E-state index in [1.54, 1.807) is 23.7 Å². The van der Waals surface area contributed by atoms with Crippen molar-refractivity contribution in [1.29, 1.82) is 0 Å². The summed E-state index contributed by atoms with van der Waals surface area (Å²) in [7, 11) is 1.72. The first kappa shape index (κ1) is 19.3. The molecule has 1 N–H and O–H groups in total. The molecule has 0 saturated carbocycles. The van der Waals surface area contributed by atoms with Crippen LogP contribution in [0.3, 0.4) is 0 Å². The number of furan rings is 1. The number of thioether (sulfide) groups is 1. The number of nitrogens with zero attached hydrogens (tertiary/aromatic N) is 4. The molecule has 144 valence electrons. The molecular formula is C17H15N5O5S. The molecule has 10 nitrogen and oxygen atoms in total. The Bertz CT molecular complexity index is 1010. The number of Topliss-reactive ketones (excluding diaryl/α,β-unsaturated/α-hetero) is 1. The standard InChI is InChI=1S/C17H15N5O5S/c1-21-15(9-18-16(24)14-6-3-7-27-14)19-20-17(21)28-10-13(23)11-4-2-5-12(8-11)22(25)26/h2-8H,9-10H2,1H3,(H,18,24). The highest BCUT2D eigenvalue weighted by Gasteiger charge is 2.16. The molecule has 0 aliphatic rings. The van der Waals surface area contributed by atoms with Crippen molar-refractivity contribution in [2.24, 2.45) is 7.05 Å². The SMILES string of the molecule is Cn1c(CNC(=O)c2ccco2)nnc1SCC(=O)c1cccc([N+](=O)[O-])c1. The molecule has 0 bridgehead atoms. The molecule has 2 aromatic heterocycles. The van der Waals surface area contributed by atoms with Crippen LogP contribution in [0.15, 0.2) is 52.2 Å². The predicted octanol–water partition coefficient (Wildman–Crippen LogP) is 2.22. The summed E-state index contributed by atoms with van der Waals surface area (Å²) in [5.74, 6) is 0.114. The first-order valence-corrected chi connectivity index (χ1v) is 9.04. The zero-order chi connectivity index (χ0) is 20.1. The Morgan fingerprint density at radius 3 is 2.82 bits per heavy atom. The molecule has 0 unspecified atom stereocenters. The Kier molecular flexibility index (Phi) is 5.84. The summed E-state index contributed by atoms with van der Waals surface area (Å²) >= 11 is 1.16. The number of benzene rings is 1. The quantitative estimate of drug-likeness (QED) is 0.263. The number of hydrogen-bond acceptors (Lipinski definition) is 8. The fourth-order valence-corrected chi connectivity index (χ4v) is 3.11. The fourth-order valence-electron chi connectivity index (χ4n) is 2.29. The number of ketones is 1. The lowest BCUT2D eigenvalue weighted by Gasteiger charge is -2.05. The summed E-state index contributed by atoms with van der Waals surface area (Å²) in [5, 5.41) is 22.0. The molecule has 1 amide bonds. The van der Waals surface area contributed by atoms with Gasteiger partial charge in [0.25, 0.3) is 11.6 Å². The number of amides is 1. The van der Waals surface area contributed by atoms with Crippen molar-refractivity contribution in [3.8, 4) is 0 Å². The minimum absolute atomic E-state index is 0.0475. The van der Waals surface area contributed by atoms with E-state index in [4.69, 9.17) is 4.42 Å². The molecule has 0 fully saturated rings. The summed E-state index contributed by atoms with van der Waals surface area (Å²) < 4.78 is 6.67. The van der Waals surface area contributed by atoms with Crippen molar-refractivity contribution in [3.63, 3.8) is 0 Å². The van der Waals surface area contributed by atoms with Gasteiger partial charge >= 0.3 is 0 Å². The fraction of sp³-hybridized carbons (Fsp3) is 0.176. The number of rotatable bonds is 8. The van der Waals surface area contributed by atoms with Crippen molar-refractivity contribution < 1.29 is 18.9 Å². The Hall–Kier alpha value is -3.47. The van der Waals surface area contributed by atoms with Gasteiger partial charge in [-0.05, 0) is 12.1 Å². The Morgan fingerprint density at radius 1 is 1.29 bits per heavy atom. The molecular weight excluding hydrogens is 386 g/mol. The van der Waals surface area contributed by atoms with Crippen LogP contribution in [0.1, 0.15) is 26.7 Å². The van der Waals surface area contributed by atoms with Gasteiger partial charge in [-0.2, -0.15) is 0 Å². The van der Waals surface area contributed by atoms with Crippen LogP contribution in [0.4, 0.5) is 5.69 Å². The van der Waals surface area contributed by atoms with Crippen LogP contribution in [0.5, 0.6) is 0 Å². The first-order valence-electron chi connectivity index (χ1n) is 8.06. The molecule has 11 heteroatoms. The third-order valence-corrected chi connectivity index (χ3v) is 4.81. The number of carbonyl (C=O) groups excluding carboxylic acids is 2. The van der Waals surface area contributed by atoms with Gasteiger partial charge < -0.3 is 14.3 Å². The summed E-state index contributed by atoms with van der Waals surface area (Å²) in [6, 6.07) is 8.74. The smallest absolute Gasteiger partial charge is 0.287 e. The second kappa shape index (κ2) is 8.48. The maximum absolute atomic E-state index is 12.3. The highest BCUT2D eigenvalue weighted by atomic mass is 32.2. The van der Waals surface area contributed by atoms with Crippen molar-refractivity contribution in [1.82, 2.24) is 20.1 Å². The van der Waals surface area contributed by atoms with Gasteiger partial charge in [-0.1, -0.05) is 23.9 Å². The first-order chi connectivity index (χ1) is 13.5. The predicted molar refractivity (Wildman–Crippen MR) is 99.0 cm³/mol. The summed E-state index contributed by atoms with van der Waals surface area (Å²) in [5.41, 5.74) is 0.124. The minimum atomic E-state index is -0.546. The number of carbonyl (C=O) groups is 2. The van der Waals surface area contributed by atoms with Gasteiger partial charge in [-0.25, -0.2) is 0 Å². The van der Waals surface area contributed by atoms with Crippen LogP contribution >= 0.6 is 11.8 Å². The third kappa shape index (κ3) is 4.43. The van der Waals surface area contributed by atoms with Crippen LogP contribution < -0.4 is 5.32 Å². The van der Waals surface area contributed by atoms with E-state index < -0.39 is 4.92 Å². The van der Waals surface area contributed by atoms with Crippen molar-refractivity contribution >= 4 is 29.1 Å². The zero-order valence-corrected chi connectivity index (χ0v) is 15.5. The highest BCUT2D eigenvalue weighted by molar-refractivity contribution is 7.99. The van der Waals surface area contributed by atoms with E-state index in [0.717, 1.165) is 11.8 Å². The number of nitro groups is 1. The molecule has 28 heavy (non-hydrogen) atoms. The van der Waals surface area contributed by atoms with Crippen LogP contribution in [0.25, 0.3) is 0 Å². The number of aromatic nitrogens is 3. The topological polar surface area (TPSA) is 133 Å². The van der Waals surface area contributed by atoms with Gasteiger partial charge in [0, 0.05) is 24.7 Å².